The summed E-state index contributed by atoms with van der Waals surface area (Å²) >= 11 is 0. The van der Waals surface area contributed by atoms with E-state index in [0.717, 1.165) is 0 Å². The van der Waals surface area contributed by atoms with Crippen LogP contribution in [0.5, 0.6) is 5.75 Å². The van der Waals surface area contributed by atoms with Crippen LogP contribution in [0, 0.1) is 0 Å². The monoisotopic (exact) mass is 333 g/mol. The van der Waals surface area contributed by atoms with Crippen molar-refractivity contribution in [3.63, 3.8) is 0 Å². The first kappa shape index (κ1) is 18.3. The van der Waals surface area contributed by atoms with Gasteiger partial charge in [-0.05, 0) is 19.1 Å². The maximum Gasteiger partial charge on any atom is 0.432 e. The number of esters is 1. The zero-order valence-corrected chi connectivity index (χ0v) is 12.2. The molecule has 0 bridgehead atoms. The van der Waals surface area contributed by atoms with Gasteiger partial charge in [-0.2, -0.15) is 13.2 Å². The van der Waals surface area contributed by atoms with Crippen LogP contribution in [0.1, 0.15) is 6.92 Å². The Kier molecular flexibility index (Phi) is 6.00. The molecule has 0 aliphatic carbocycles. The van der Waals surface area contributed by atoms with Crippen molar-refractivity contribution in [3.8, 4) is 5.75 Å². The Bertz CT molecular complexity index is 625. The molecule has 0 aliphatic heterocycles. The molecule has 0 unspecified atom stereocenters. The molecule has 0 saturated carbocycles. The fraction of sp³-hybridized carbons (Fsp3) is 0.286. The molecular formula is C14H14F3NO5. The maximum atomic E-state index is 13.2. The Morgan fingerprint density at radius 3 is 2.43 bits per heavy atom. The number of carbonyl (C=O) groups is 2. The van der Waals surface area contributed by atoms with E-state index in [0.29, 0.717) is 0 Å². The number of hydrogen-bond acceptors (Lipinski definition) is 5. The number of alkyl halides is 3. The predicted molar refractivity (Wildman–Crippen MR) is 74.0 cm³/mol. The molecule has 2 N–H and O–H groups in total. The van der Waals surface area contributed by atoms with E-state index in [2.05, 4.69) is 4.74 Å². The lowest BCUT2D eigenvalue weighted by molar-refractivity contribution is -0.145. The van der Waals surface area contributed by atoms with Crippen molar-refractivity contribution in [3.05, 3.63) is 35.5 Å². The van der Waals surface area contributed by atoms with Crippen molar-refractivity contribution in [1.82, 2.24) is 0 Å². The number of benzene rings is 1. The quantitative estimate of drug-likeness (QED) is 0.360. The molecule has 0 spiro atoms. The van der Waals surface area contributed by atoms with Gasteiger partial charge >= 0.3 is 18.1 Å². The number of allylic oxidation sites excluding steroid dienone is 1. The zero-order chi connectivity index (χ0) is 17.6. The molecule has 0 atom stereocenters. The van der Waals surface area contributed by atoms with Crippen LogP contribution < -0.4 is 10.1 Å². The van der Waals surface area contributed by atoms with Crippen molar-refractivity contribution in [2.75, 3.05) is 19.0 Å². The summed E-state index contributed by atoms with van der Waals surface area (Å²) in [5, 5.41) is 10.9. The van der Waals surface area contributed by atoms with Crippen LogP contribution in [0.15, 0.2) is 35.5 Å². The molecule has 23 heavy (non-hydrogen) atoms. The minimum Gasteiger partial charge on any atom is -0.497 e. The molecule has 0 aliphatic rings. The minimum atomic E-state index is -5.11. The molecule has 6 nitrogen and oxygen atoms in total. The molecule has 126 valence electrons. The number of anilines is 1. The van der Waals surface area contributed by atoms with Crippen LogP contribution in [-0.2, 0) is 14.3 Å². The molecule has 0 saturated heterocycles. The third-order valence-electron chi connectivity index (χ3n) is 2.57. The van der Waals surface area contributed by atoms with Gasteiger partial charge in [-0.15, -0.1) is 0 Å². The Balaban J connectivity index is 3.39. The highest BCUT2D eigenvalue weighted by Crippen LogP contribution is 2.31. The average Bonchev–Trinajstić information content (AvgIpc) is 2.45. The summed E-state index contributed by atoms with van der Waals surface area (Å²) in [5.74, 6) is -3.38. The van der Waals surface area contributed by atoms with Crippen LogP contribution >= 0.6 is 0 Å². The van der Waals surface area contributed by atoms with Gasteiger partial charge in [0, 0.05) is 11.8 Å². The van der Waals surface area contributed by atoms with E-state index in [9.17, 15) is 22.8 Å². The van der Waals surface area contributed by atoms with Gasteiger partial charge in [-0.25, -0.2) is 9.59 Å². The van der Waals surface area contributed by atoms with E-state index in [1.165, 1.54) is 38.3 Å². The second-order valence-electron chi connectivity index (χ2n) is 4.13. The summed E-state index contributed by atoms with van der Waals surface area (Å²) in [6, 6.07) is 5.38. The SMILES string of the molecule is CCOC(=O)C(C(=O)O)=C(Nc1cccc(OC)c1)C(F)(F)F. The molecular weight excluding hydrogens is 319 g/mol. The van der Waals surface area contributed by atoms with Gasteiger partial charge < -0.3 is 19.9 Å². The van der Waals surface area contributed by atoms with Crippen LogP contribution in [-0.4, -0.2) is 36.9 Å². The molecule has 1 aromatic rings. The van der Waals surface area contributed by atoms with Gasteiger partial charge in [-0.3, -0.25) is 0 Å². The number of carbonyl (C=O) groups excluding carboxylic acids is 1. The Morgan fingerprint density at radius 1 is 1.30 bits per heavy atom. The van der Waals surface area contributed by atoms with Gasteiger partial charge in [0.15, 0.2) is 5.57 Å². The summed E-state index contributed by atoms with van der Waals surface area (Å²) in [5.41, 5.74) is -3.35. The largest absolute Gasteiger partial charge is 0.497 e. The van der Waals surface area contributed by atoms with Gasteiger partial charge in [0.05, 0.1) is 13.7 Å². The molecule has 1 rings (SSSR count). The number of carboxylic acid groups (broad SMARTS) is 1. The van der Waals surface area contributed by atoms with E-state index < -0.39 is 29.4 Å². The van der Waals surface area contributed by atoms with Gasteiger partial charge in [0.1, 0.15) is 11.4 Å². The molecule has 0 heterocycles. The van der Waals surface area contributed by atoms with Crippen molar-refractivity contribution < 1.29 is 37.3 Å². The standard InChI is InChI=1S/C14H14F3NO5/c1-3-23-13(21)10(12(19)20)11(14(15,16)17)18-8-5-4-6-9(7-8)22-2/h4-7,18H,3H2,1-2H3,(H,19,20). The maximum absolute atomic E-state index is 13.2. The van der Waals surface area contributed by atoms with Crippen molar-refractivity contribution in [2.45, 2.75) is 13.1 Å². The van der Waals surface area contributed by atoms with E-state index in [1.54, 1.807) is 0 Å². The van der Waals surface area contributed by atoms with Crippen LogP contribution in [0.25, 0.3) is 0 Å². The highest BCUT2D eigenvalue weighted by Gasteiger charge is 2.41. The number of ether oxygens (including phenoxy) is 2. The summed E-state index contributed by atoms with van der Waals surface area (Å²) in [6.45, 7) is 1.08. The van der Waals surface area contributed by atoms with Crippen LogP contribution in [0.3, 0.4) is 0 Å². The van der Waals surface area contributed by atoms with Gasteiger partial charge in [-0.1, -0.05) is 6.07 Å². The molecule has 9 heteroatoms. The van der Waals surface area contributed by atoms with E-state index >= 15 is 0 Å². The highest BCUT2D eigenvalue weighted by molar-refractivity contribution is 6.14. The number of rotatable bonds is 6. The first-order valence-electron chi connectivity index (χ1n) is 6.33. The number of halogens is 3. The number of hydrogen-bond donors (Lipinski definition) is 2. The highest BCUT2D eigenvalue weighted by atomic mass is 19.4. The van der Waals surface area contributed by atoms with Gasteiger partial charge in [0.2, 0.25) is 0 Å². The Labute approximate surface area is 129 Å². The summed E-state index contributed by atoms with van der Waals surface area (Å²) < 4.78 is 48.8. The number of carboxylic acids is 1. The minimum absolute atomic E-state index is 0.0975. The topological polar surface area (TPSA) is 84.9 Å². The normalized spacial score (nSPS) is 12.2. The van der Waals surface area contributed by atoms with E-state index in [-0.39, 0.29) is 18.0 Å². The van der Waals surface area contributed by atoms with Crippen LogP contribution in [0.4, 0.5) is 18.9 Å². The van der Waals surface area contributed by atoms with E-state index in [4.69, 9.17) is 9.84 Å². The third-order valence-corrected chi connectivity index (χ3v) is 2.57. The Morgan fingerprint density at radius 2 is 1.96 bits per heavy atom. The third kappa shape index (κ3) is 4.90. The summed E-state index contributed by atoms with van der Waals surface area (Å²) in [6.07, 6.45) is -5.11. The molecule has 0 fully saturated rings. The van der Waals surface area contributed by atoms with Crippen molar-refractivity contribution in [2.24, 2.45) is 0 Å². The lowest BCUT2D eigenvalue weighted by atomic mass is 10.1. The van der Waals surface area contributed by atoms with Gasteiger partial charge in [0.25, 0.3) is 0 Å². The predicted octanol–water partition coefficient (Wildman–Crippen LogP) is 2.57. The lowest BCUT2D eigenvalue weighted by Gasteiger charge is -2.17. The molecule has 1 aromatic carbocycles. The van der Waals surface area contributed by atoms with Crippen LogP contribution in [0.2, 0.25) is 0 Å². The Hall–Kier alpha value is -2.71. The molecule has 0 radical (unpaired) electrons. The number of aliphatic carboxylic acids is 1. The number of nitrogens with one attached hydrogen (secondary N) is 1. The fourth-order valence-electron chi connectivity index (χ4n) is 1.62. The summed E-state index contributed by atoms with van der Waals surface area (Å²) in [7, 11) is 1.32. The zero-order valence-electron chi connectivity index (χ0n) is 12.2. The number of methoxy groups -OCH3 is 1. The first-order valence-corrected chi connectivity index (χ1v) is 6.33. The van der Waals surface area contributed by atoms with Crippen molar-refractivity contribution >= 4 is 17.6 Å². The summed E-state index contributed by atoms with van der Waals surface area (Å²) in [4.78, 5) is 22.7. The average molecular weight is 333 g/mol. The molecule has 0 aromatic heterocycles. The van der Waals surface area contributed by atoms with E-state index in [1.807, 2.05) is 5.32 Å². The van der Waals surface area contributed by atoms with Crippen molar-refractivity contribution in [1.29, 1.82) is 0 Å². The second kappa shape index (κ2) is 7.52. The smallest absolute Gasteiger partial charge is 0.432 e. The first-order chi connectivity index (χ1) is 10.7. The second-order valence-corrected chi connectivity index (χ2v) is 4.13. The fourth-order valence-corrected chi connectivity index (χ4v) is 1.62. The lowest BCUT2D eigenvalue weighted by Crippen LogP contribution is -2.28. The molecule has 0 amide bonds.